The average molecular weight is 623 g/mol. The summed E-state index contributed by atoms with van der Waals surface area (Å²) in [5.74, 6) is -2.12. The third-order valence-electron chi connectivity index (χ3n) is 7.26. The van der Waals surface area contributed by atoms with E-state index >= 15 is 0 Å². The lowest BCUT2D eigenvalue weighted by molar-refractivity contribution is 0.0989. The van der Waals surface area contributed by atoms with E-state index in [0.29, 0.717) is 34.0 Å². The number of hydrogen-bond donors (Lipinski definition) is 4. The van der Waals surface area contributed by atoms with Gasteiger partial charge in [-0.25, -0.2) is 0 Å². The molecule has 6 N–H and O–H groups in total. The molecule has 0 bridgehead atoms. The number of rotatable bonds is 10. The second kappa shape index (κ2) is 13.1. The van der Waals surface area contributed by atoms with Crippen LogP contribution in [0.4, 0.5) is 10.0 Å². The van der Waals surface area contributed by atoms with Gasteiger partial charge in [-0.2, -0.15) is 0 Å². The van der Waals surface area contributed by atoms with Crippen LogP contribution in [0.2, 0.25) is 0 Å². The van der Waals surface area contributed by atoms with Crippen LogP contribution >= 0.6 is 22.7 Å². The molecule has 4 amide bonds. The van der Waals surface area contributed by atoms with Gasteiger partial charge in [0.1, 0.15) is 10.0 Å². The maximum Gasteiger partial charge on any atom is 0.256 e. The van der Waals surface area contributed by atoms with Crippen molar-refractivity contribution in [3.05, 3.63) is 139 Å². The van der Waals surface area contributed by atoms with Crippen molar-refractivity contribution in [3.8, 4) is 0 Å². The first-order chi connectivity index (χ1) is 21.1. The molecule has 222 valence electrons. The summed E-state index contributed by atoms with van der Waals surface area (Å²) in [7, 11) is 0. The molecule has 0 spiro atoms. The maximum atomic E-state index is 13.1. The molecule has 0 aliphatic carbocycles. The third kappa shape index (κ3) is 6.61. The Morgan fingerprint density at radius 2 is 0.909 bits per heavy atom. The Morgan fingerprint density at radius 3 is 1.23 bits per heavy atom. The number of amides is 4. The summed E-state index contributed by atoms with van der Waals surface area (Å²) in [6.45, 7) is 3.64. The van der Waals surface area contributed by atoms with Gasteiger partial charge in [-0.1, -0.05) is 60.7 Å². The Morgan fingerprint density at radius 1 is 0.568 bits per heavy atom. The van der Waals surface area contributed by atoms with E-state index in [1.54, 1.807) is 0 Å². The second-order valence-corrected chi connectivity index (χ2v) is 12.5. The van der Waals surface area contributed by atoms with Crippen molar-refractivity contribution in [1.29, 1.82) is 0 Å². The lowest BCUT2D eigenvalue weighted by Crippen LogP contribution is -2.18. The quantitative estimate of drug-likeness (QED) is 0.145. The van der Waals surface area contributed by atoms with Gasteiger partial charge in [0, 0.05) is 33.7 Å². The molecule has 5 aromatic rings. The van der Waals surface area contributed by atoms with E-state index < -0.39 is 23.6 Å². The minimum Gasteiger partial charge on any atom is -0.365 e. The molecular weight excluding hydrogens is 593 g/mol. The van der Waals surface area contributed by atoms with Crippen LogP contribution in [0.3, 0.4) is 0 Å². The zero-order valence-electron chi connectivity index (χ0n) is 24.1. The molecule has 5 rings (SSSR count). The molecule has 0 radical (unpaired) electrons. The van der Waals surface area contributed by atoms with Crippen molar-refractivity contribution in [2.75, 3.05) is 10.6 Å². The van der Waals surface area contributed by atoms with Gasteiger partial charge in [-0.05, 0) is 60.4 Å². The molecule has 8 nitrogen and oxygen atoms in total. The van der Waals surface area contributed by atoms with Crippen molar-refractivity contribution < 1.29 is 19.2 Å². The Kier molecular flexibility index (Phi) is 9.03. The Bertz CT molecular complexity index is 1720. The average Bonchev–Trinajstić information content (AvgIpc) is 3.48. The second-order valence-electron chi connectivity index (χ2n) is 10.2. The monoisotopic (exact) mass is 622 g/mol. The highest BCUT2D eigenvalue weighted by atomic mass is 32.1. The molecule has 0 unspecified atom stereocenters. The van der Waals surface area contributed by atoms with Crippen LogP contribution in [-0.2, 0) is 12.8 Å². The topological polar surface area (TPSA) is 144 Å². The molecule has 0 saturated heterocycles. The van der Waals surface area contributed by atoms with Gasteiger partial charge in [0.15, 0.2) is 0 Å². The zero-order chi connectivity index (χ0) is 31.4. The summed E-state index contributed by atoms with van der Waals surface area (Å²) >= 11 is 2.63. The summed E-state index contributed by atoms with van der Waals surface area (Å²) < 4.78 is 0. The number of carbonyl (C=O) groups excluding carboxylic acids is 4. The van der Waals surface area contributed by atoms with E-state index in [4.69, 9.17) is 11.5 Å². The third-order valence-corrected chi connectivity index (χ3v) is 9.68. The van der Waals surface area contributed by atoms with Gasteiger partial charge in [-0.15, -0.1) is 22.7 Å². The lowest BCUT2D eigenvalue weighted by Gasteiger charge is -2.08. The van der Waals surface area contributed by atoms with Gasteiger partial charge in [-0.3, -0.25) is 19.2 Å². The van der Waals surface area contributed by atoms with Crippen LogP contribution < -0.4 is 22.1 Å². The molecule has 0 aliphatic rings. The maximum absolute atomic E-state index is 13.1. The van der Waals surface area contributed by atoms with Crippen molar-refractivity contribution in [2.24, 2.45) is 11.5 Å². The van der Waals surface area contributed by atoms with Crippen molar-refractivity contribution in [3.63, 3.8) is 0 Å². The van der Waals surface area contributed by atoms with E-state index in [0.717, 1.165) is 32.0 Å². The molecule has 0 aliphatic heterocycles. The van der Waals surface area contributed by atoms with Gasteiger partial charge in [0.05, 0.1) is 11.1 Å². The van der Waals surface area contributed by atoms with E-state index in [1.807, 2.05) is 74.5 Å². The van der Waals surface area contributed by atoms with Crippen LogP contribution in [0.25, 0.3) is 0 Å². The number of anilines is 2. The highest BCUT2D eigenvalue weighted by Gasteiger charge is 2.23. The Hall–Kier alpha value is -5.06. The Labute approximate surface area is 262 Å². The number of nitrogens with one attached hydrogen (secondary N) is 2. The minimum absolute atomic E-state index is 0.286. The van der Waals surface area contributed by atoms with E-state index in [2.05, 4.69) is 10.6 Å². The predicted octanol–water partition coefficient (Wildman–Crippen LogP) is 6.31. The summed E-state index contributed by atoms with van der Waals surface area (Å²) in [4.78, 5) is 52.7. The van der Waals surface area contributed by atoms with E-state index in [9.17, 15) is 19.2 Å². The van der Waals surface area contributed by atoms with Crippen molar-refractivity contribution in [2.45, 2.75) is 26.7 Å². The Balaban J connectivity index is 1.31. The molecule has 10 heteroatoms. The van der Waals surface area contributed by atoms with Crippen molar-refractivity contribution >= 4 is 56.3 Å². The lowest BCUT2D eigenvalue weighted by atomic mass is 10.1. The standard InChI is InChI=1S/C34H30N4O4S2/c1-19-25(17-21-9-5-3-6-10-21)43-33(27(19)29(35)39)37-31(41)23-13-15-24(16-14-23)32(42)38-34-28(30(36)40)20(2)26(44-34)18-22-11-7-4-8-12-22/h3-16H,17-18H2,1-2H3,(H2,35,39)(H2,36,40)(H,37,41)(H,38,42). The van der Waals surface area contributed by atoms with Gasteiger partial charge in [0.2, 0.25) is 0 Å². The SMILES string of the molecule is Cc1c(Cc2ccccc2)sc(NC(=O)c2ccc(C(=O)Nc3sc(Cc4ccccc4)c(C)c3C(N)=O)cc2)c1C(N)=O. The molecule has 0 atom stereocenters. The minimum atomic E-state index is -0.619. The van der Waals surface area contributed by atoms with Gasteiger partial charge in [0.25, 0.3) is 23.6 Å². The fourth-order valence-electron chi connectivity index (χ4n) is 4.91. The number of thiophene rings is 2. The largest absolute Gasteiger partial charge is 0.365 e. The zero-order valence-corrected chi connectivity index (χ0v) is 25.7. The molecular formula is C34H30N4O4S2. The van der Waals surface area contributed by atoms with Gasteiger partial charge >= 0.3 is 0 Å². The summed E-state index contributed by atoms with van der Waals surface area (Å²) in [6, 6.07) is 25.7. The van der Waals surface area contributed by atoms with Crippen LogP contribution in [0.5, 0.6) is 0 Å². The first-order valence-corrected chi connectivity index (χ1v) is 15.4. The van der Waals surface area contributed by atoms with Crippen LogP contribution in [0.15, 0.2) is 84.9 Å². The normalized spacial score (nSPS) is 10.8. The fourth-order valence-corrected chi connectivity index (χ4v) is 7.39. The summed E-state index contributed by atoms with van der Waals surface area (Å²) in [5.41, 5.74) is 16.1. The molecule has 0 fully saturated rings. The number of nitrogens with two attached hydrogens (primary N) is 2. The summed E-state index contributed by atoms with van der Waals surface area (Å²) in [5, 5.41) is 6.40. The van der Waals surface area contributed by atoms with Gasteiger partial charge < -0.3 is 22.1 Å². The molecule has 3 aromatic carbocycles. The van der Waals surface area contributed by atoms with Crippen LogP contribution in [-0.4, -0.2) is 23.6 Å². The van der Waals surface area contributed by atoms with E-state index in [1.165, 1.54) is 46.9 Å². The molecule has 2 aromatic heterocycles. The fraction of sp³-hybridized carbons (Fsp3) is 0.118. The van der Waals surface area contributed by atoms with Crippen molar-refractivity contribution in [1.82, 2.24) is 0 Å². The van der Waals surface area contributed by atoms with Crippen LogP contribution in [0, 0.1) is 13.8 Å². The predicted molar refractivity (Wildman–Crippen MR) is 176 cm³/mol. The number of carbonyl (C=O) groups is 4. The molecule has 0 saturated carbocycles. The first kappa shape index (κ1) is 30.4. The highest BCUT2D eigenvalue weighted by Crippen LogP contribution is 2.36. The number of primary amides is 2. The number of hydrogen-bond acceptors (Lipinski definition) is 6. The number of benzene rings is 3. The molecule has 44 heavy (non-hydrogen) atoms. The highest BCUT2D eigenvalue weighted by molar-refractivity contribution is 7.17. The molecule has 2 heterocycles. The smallest absolute Gasteiger partial charge is 0.256 e. The summed E-state index contributed by atoms with van der Waals surface area (Å²) in [6.07, 6.45) is 1.21. The van der Waals surface area contributed by atoms with Crippen LogP contribution in [0.1, 0.15) is 73.4 Å². The first-order valence-electron chi connectivity index (χ1n) is 13.8. The van der Waals surface area contributed by atoms with E-state index in [-0.39, 0.29) is 11.1 Å².